The minimum absolute atomic E-state index is 0.468. The number of hydrogen-bond acceptors (Lipinski definition) is 3. The van der Waals surface area contributed by atoms with E-state index in [1.807, 2.05) is 0 Å². The highest BCUT2D eigenvalue weighted by Gasteiger charge is 2.24. The molecule has 1 heterocycles. The number of likely N-dealkylation sites (tertiary alicyclic amines) is 1. The van der Waals surface area contributed by atoms with Gasteiger partial charge in [0.2, 0.25) is 0 Å². The van der Waals surface area contributed by atoms with Gasteiger partial charge in [-0.1, -0.05) is 19.3 Å². The van der Waals surface area contributed by atoms with Crippen LogP contribution in [0.4, 0.5) is 0 Å². The number of ether oxygens (including phenoxy) is 1. The van der Waals surface area contributed by atoms with Crippen molar-refractivity contribution >= 4 is 0 Å². The zero-order valence-corrected chi connectivity index (χ0v) is 12.9. The number of piperidine rings is 1. The Morgan fingerprint density at radius 2 is 1.95 bits per heavy atom. The molecule has 19 heavy (non-hydrogen) atoms. The van der Waals surface area contributed by atoms with Crippen LogP contribution >= 0.6 is 0 Å². The van der Waals surface area contributed by atoms with E-state index < -0.39 is 0 Å². The third-order valence-electron chi connectivity index (χ3n) is 4.74. The molecule has 0 radical (unpaired) electrons. The van der Waals surface area contributed by atoms with Crippen molar-refractivity contribution in [1.29, 1.82) is 0 Å². The molecular formula is C16H32N2O. The van der Waals surface area contributed by atoms with Gasteiger partial charge in [-0.15, -0.1) is 0 Å². The van der Waals surface area contributed by atoms with Crippen molar-refractivity contribution in [1.82, 2.24) is 10.2 Å². The van der Waals surface area contributed by atoms with Crippen LogP contribution < -0.4 is 5.32 Å². The second-order valence-electron chi connectivity index (χ2n) is 6.31. The number of rotatable bonds is 6. The molecule has 3 nitrogen and oxygen atoms in total. The van der Waals surface area contributed by atoms with Crippen molar-refractivity contribution in [2.24, 2.45) is 0 Å². The standard InChI is InChI=1S/C16H32N2O/c1-3-19-16-10-7-11-18(13-16)14(2)12-17-15-8-5-4-6-9-15/h14-17H,3-13H2,1-2H3. The summed E-state index contributed by atoms with van der Waals surface area (Å²) in [4.78, 5) is 2.61. The molecule has 0 amide bonds. The fourth-order valence-electron chi connectivity index (χ4n) is 3.51. The monoisotopic (exact) mass is 268 g/mol. The first kappa shape index (κ1) is 15.3. The number of nitrogens with zero attached hydrogens (tertiary/aromatic N) is 1. The van der Waals surface area contributed by atoms with Crippen LogP contribution in [0.15, 0.2) is 0 Å². The molecule has 2 rings (SSSR count). The molecular weight excluding hydrogens is 236 g/mol. The van der Waals surface area contributed by atoms with Gasteiger partial charge < -0.3 is 10.1 Å². The van der Waals surface area contributed by atoms with Gasteiger partial charge in [-0.3, -0.25) is 4.90 Å². The SMILES string of the molecule is CCOC1CCCN(C(C)CNC2CCCCC2)C1. The van der Waals surface area contributed by atoms with Crippen molar-refractivity contribution < 1.29 is 4.74 Å². The lowest BCUT2D eigenvalue weighted by Gasteiger charge is -2.37. The second kappa shape index (κ2) is 8.23. The Hall–Kier alpha value is -0.120. The van der Waals surface area contributed by atoms with Crippen LogP contribution in [-0.2, 0) is 4.74 Å². The Morgan fingerprint density at radius 3 is 2.68 bits per heavy atom. The first-order valence-corrected chi connectivity index (χ1v) is 8.38. The van der Waals surface area contributed by atoms with Crippen LogP contribution in [0.5, 0.6) is 0 Å². The van der Waals surface area contributed by atoms with Gasteiger partial charge in [0.05, 0.1) is 6.10 Å². The minimum Gasteiger partial charge on any atom is -0.377 e. The van der Waals surface area contributed by atoms with Crippen molar-refractivity contribution in [3.8, 4) is 0 Å². The zero-order valence-electron chi connectivity index (χ0n) is 12.9. The summed E-state index contributed by atoms with van der Waals surface area (Å²) in [7, 11) is 0. The van der Waals surface area contributed by atoms with Crippen molar-refractivity contribution in [2.45, 2.75) is 77.0 Å². The molecule has 1 saturated carbocycles. The van der Waals surface area contributed by atoms with Crippen LogP contribution in [0.2, 0.25) is 0 Å². The predicted octanol–water partition coefficient (Wildman–Crippen LogP) is 2.80. The normalized spacial score (nSPS) is 28.4. The van der Waals surface area contributed by atoms with Crippen molar-refractivity contribution in [3.63, 3.8) is 0 Å². The highest BCUT2D eigenvalue weighted by Crippen LogP contribution is 2.18. The maximum Gasteiger partial charge on any atom is 0.0702 e. The Bertz CT molecular complexity index is 239. The Morgan fingerprint density at radius 1 is 1.16 bits per heavy atom. The number of hydrogen-bond donors (Lipinski definition) is 1. The van der Waals surface area contributed by atoms with Gasteiger partial charge in [0.25, 0.3) is 0 Å². The average molecular weight is 268 g/mol. The Kier molecular flexibility index (Phi) is 6.62. The third-order valence-corrected chi connectivity index (χ3v) is 4.74. The smallest absolute Gasteiger partial charge is 0.0702 e. The summed E-state index contributed by atoms with van der Waals surface area (Å²) in [6, 6.07) is 1.42. The van der Waals surface area contributed by atoms with E-state index >= 15 is 0 Å². The molecule has 2 atom stereocenters. The van der Waals surface area contributed by atoms with Gasteiger partial charge >= 0.3 is 0 Å². The van der Waals surface area contributed by atoms with E-state index in [2.05, 4.69) is 24.1 Å². The van der Waals surface area contributed by atoms with Crippen LogP contribution in [-0.4, -0.2) is 49.3 Å². The van der Waals surface area contributed by atoms with Gasteiger partial charge in [0, 0.05) is 31.8 Å². The fraction of sp³-hybridized carbons (Fsp3) is 1.00. The molecule has 0 aromatic heterocycles. The molecule has 112 valence electrons. The summed E-state index contributed by atoms with van der Waals surface area (Å²) in [5.41, 5.74) is 0. The van der Waals surface area contributed by atoms with Gasteiger partial charge in [-0.05, 0) is 46.1 Å². The molecule has 0 aromatic rings. The summed E-state index contributed by atoms with van der Waals surface area (Å²) >= 11 is 0. The Labute approximate surface area is 119 Å². The molecule has 2 fully saturated rings. The van der Waals surface area contributed by atoms with Crippen molar-refractivity contribution in [2.75, 3.05) is 26.2 Å². The van der Waals surface area contributed by atoms with Crippen LogP contribution in [0.3, 0.4) is 0 Å². The van der Waals surface area contributed by atoms with E-state index in [1.54, 1.807) is 0 Å². The van der Waals surface area contributed by atoms with Crippen LogP contribution in [0.25, 0.3) is 0 Å². The average Bonchev–Trinajstić information content (AvgIpc) is 2.46. The fourth-order valence-corrected chi connectivity index (χ4v) is 3.51. The van der Waals surface area contributed by atoms with Gasteiger partial charge in [-0.2, -0.15) is 0 Å². The molecule has 1 aliphatic heterocycles. The van der Waals surface area contributed by atoms with Crippen LogP contribution in [0, 0.1) is 0 Å². The summed E-state index contributed by atoms with van der Waals surface area (Å²) in [5.74, 6) is 0. The van der Waals surface area contributed by atoms with E-state index in [0.29, 0.717) is 12.1 Å². The lowest BCUT2D eigenvalue weighted by Crippen LogP contribution is -2.49. The van der Waals surface area contributed by atoms with Crippen LogP contribution in [0.1, 0.15) is 58.8 Å². The van der Waals surface area contributed by atoms with Gasteiger partial charge in [0.1, 0.15) is 0 Å². The summed E-state index contributed by atoms with van der Waals surface area (Å²) < 4.78 is 5.80. The molecule has 0 bridgehead atoms. The molecule has 2 aliphatic rings. The maximum atomic E-state index is 5.80. The predicted molar refractivity (Wildman–Crippen MR) is 80.6 cm³/mol. The molecule has 0 spiro atoms. The molecule has 0 aromatic carbocycles. The van der Waals surface area contributed by atoms with E-state index in [1.165, 1.54) is 51.5 Å². The minimum atomic E-state index is 0.468. The topological polar surface area (TPSA) is 24.5 Å². The highest BCUT2D eigenvalue weighted by atomic mass is 16.5. The Balaban J connectivity index is 1.67. The largest absolute Gasteiger partial charge is 0.377 e. The molecule has 2 unspecified atom stereocenters. The second-order valence-corrected chi connectivity index (χ2v) is 6.31. The quantitative estimate of drug-likeness (QED) is 0.801. The van der Waals surface area contributed by atoms with Gasteiger partial charge in [0.15, 0.2) is 0 Å². The van der Waals surface area contributed by atoms with Gasteiger partial charge in [-0.25, -0.2) is 0 Å². The molecule has 1 aliphatic carbocycles. The molecule has 1 N–H and O–H groups in total. The van der Waals surface area contributed by atoms with E-state index in [0.717, 1.165) is 25.7 Å². The highest BCUT2D eigenvalue weighted by molar-refractivity contribution is 4.80. The maximum absolute atomic E-state index is 5.80. The van der Waals surface area contributed by atoms with Crippen molar-refractivity contribution in [3.05, 3.63) is 0 Å². The molecule has 3 heteroatoms. The van der Waals surface area contributed by atoms with E-state index in [-0.39, 0.29) is 0 Å². The number of nitrogens with one attached hydrogen (secondary N) is 1. The summed E-state index contributed by atoms with van der Waals surface area (Å²) in [6.45, 7) is 8.84. The van der Waals surface area contributed by atoms with E-state index in [9.17, 15) is 0 Å². The van der Waals surface area contributed by atoms with E-state index in [4.69, 9.17) is 4.74 Å². The summed E-state index contributed by atoms with van der Waals surface area (Å²) in [5, 5.41) is 3.78. The lowest BCUT2D eigenvalue weighted by molar-refractivity contribution is -0.00525. The first-order chi connectivity index (χ1) is 9.29. The summed E-state index contributed by atoms with van der Waals surface area (Å²) in [6.07, 6.45) is 10.0. The lowest BCUT2D eigenvalue weighted by atomic mass is 9.95. The molecule has 1 saturated heterocycles. The third kappa shape index (κ3) is 5.05. The first-order valence-electron chi connectivity index (χ1n) is 8.38. The zero-order chi connectivity index (χ0) is 13.5.